The number of carbonyl (C=O) groups excluding carboxylic acids is 2. The number of nitrogens with zero attached hydrogens (tertiary/aromatic N) is 3. The van der Waals surface area contributed by atoms with Gasteiger partial charge >= 0.3 is 0 Å². The van der Waals surface area contributed by atoms with Crippen molar-refractivity contribution in [3.63, 3.8) is 0 Å². The molecule has 1 aromatic carbocycles. The smallest absolute Gasteiger partial charge is 0.262 e. The van der Waals surface area contributed by atoms with Gasteiger partial charge in [-0.3, -0.25) is 14.3 Å². The number of thiophene rings is 1. The SMILES string of the molecule is Cc1ccc(-c2cnc(NC(=O)C(C)NC(=O)c3cc4c(C)nn(C)c4s3)s2)cc1. The molecule has 154 valence electrons. The van der Waals surface area contributed by atoms with Gasteiger partial charge in [0.15, 0.2) is 5.13 Å². The first-order valence-corrected chi connectivity index (χ1v) is 11.0. The molecule has 0 saturated heterocycles. The van der Waals surface area contributed by atoms with E-state index in [1.54, 1.807) is 17.8 Å². The van der Waals surface area contributed by atoms with Crippen LogP contribution in [-0.2, 0) is 11.8 Å². The minimum atomic E-state index is -0.700. The number of nitrogens with one attached hydrogen (secondary N) is 2. The second-order valence-corrected chi connectivity index (χ2v) is 9.18. The summed E-state index contributed by atoms with van der Waals surface area (Å²) in [5.41, 5.74) is 3.11. The lowest BCUT2D eigenvalue weighted by atomic mass is 10.1. The Morgan fingerprint density at radius 1 is 1.13 bits per heavy atom. The number of anilines is 1. The summed E-state index contributed by atoms with van der Waals surface area (Å²) >= 11 is 2.76. The van der Waals surface area contributed by atoms with Gasteiger partial charge in [-0.15, -0.1) is 11.3 Å². The fraction of sp³-hybridized carbons (Fsp3) is 0.238. The lowest BCUT2D eigenvalue weighted by Gasteiger charge is -2.12. The van der Waals surface area contributed by atoms with Crippen LogP contribution in [0.2, 0.25) is 0 Å². The Bertz CT molecular complexity index is 1200. The van der Waals surface area contributed by atoms with Crippen LogP contribution in [0, 0.1) is 13.8 Å². The highest BCUT2D eigenvalue weighted by Gasteiger charge is 2.21. The van der Waals surface area contributed by atoms with E-state index < -0.39 is 6.04 Å². The van der Waals surface area contributed by atoms with Crippen LogP contribution in [-0.4, -0.2) is 32.6 Å². The highest BCUT2D eigenvalue weighted by molar-refractivity contribution is 7.20. The van der Waals surface area contributed by atoms with Crippen molar-refractivity contribution in [3.8, 4) is 10.4 Å². The van der Waals surface area contributed by atoms with Crippen molar-refractivity contribution in [1.82, 2.24) is 20.1 Å². The Kier molecular flexibility index (Phi) is 5.40. The van der Waals surface area contributed by atoms with E-state index in [4.69, 9.17) is 0 Å². The van der Waals surface area contributed by atoms with E-state index in [9.17, 15) is 9.59 Å². The lowest BCUT2D eigenvalue weighted by molar-refractivity contribution is -0.117. The third kappa shape index (κ3) is 3.99. The molecule has 1 unspecified atom stereocenters. The zero-order valence-corrected chi connectivity index (χ0v) is 18.6. The lowest BCUT2D eigenvalue weighted by Crippen LogP contribution is -2.41. The Hall–Kier alpha value is -3.04. The van der Waals surface area contributed by atoms with Gasteiger partial charge in [0.1, 0.15) is 10.9 Å². The van der Waals surface area contributed by atoms with Crippen molar-refractivity contribution in [2.75, 3.05) is 5.32 Å². The zero-order valence-electron chi connectivity index (χ0n) is 17.0. The molecule has 2 amide bonds. The summed E-state index contributed by atoms with van der Waals surface area (Å²) in [6.07, 6.45) is 1.74. The second-order valence-electron chi connectivity index (χ2n) is 7.12. The number of benzene rings is 1. The standard InChI is InChI=1S/C21H21N5O2S2/c1-11-5-7-14(8-6-11)17-10-22-21(30-17)24-18(27)13(3)23-19(28)16-9-15-12(2)25-26(4)20(15)29-16/h5-10,13H,1-4H3,(H,23,28)(H,22,24,27). The van der Waals surface area contributed by atoms with E-state index in [2.05, 4.69) is 20.7 Å². The van der Waals surface area contributed by atoms with Gasteiger partial charge in [0.05, 0.1) is 15.4 Å². The van der Waals surface area contributed by atoms with Crippen molar-refractivity contribution in [2.45, 2.75) is 26.8 Å². The maximum Gasteiger partial charge on any atom is 0.262 e. The first-order valence-electron chi connectivity index (χ1n) is 9.39. The van der Waals surface area contributed by atoms with Crippen LogP contribution >= 0.6 is 22.7 Å². The summed E-state index contributed by atoms with van der Waals surface area (Å²) in [4.78, 5) is 31.9. The molecule has 0 aliphatic carbocycles. The summed E-state index contributed by atoms with van der Waals surface area (Å²) in [5, 5.41) is 11.3. The summed E-state index contributed by atoms with van der Waals surface area (Å²) in [6.45, 7) is 5.60. The molecule has 0 bridgehead atoms. The fourth-order valence-corrected chi connectivity index (χ4v) is 4.90. The number of amides is 2. The predicted octanol–water partition coefficient (Wildman–Crippen LogP) is 4.13. The normalized spacial score (nSPS) is 12.1. The quantitative estimate of drug-likeness (QED) is 0.489. The number of aryl methyl sites for hydroxylation is 3. The molecule has 7 nitrogen and oxygen atoms in total. The van der Waals surface area contributed by atoms with E-state index in [1.165, 1.54) is 28.2 Å². The summed E-state index contributed by atoms with van der Waals surface area (Å²) in [5.74, 6) is -0.593. The summed E-state index contributed by atoms with van der Waals surface area (Å²) in [6, 6.07) is 9.25. The first-order chi connectivity index (χ1) is 14.3. The monoisotopic (exact) mass is 439 g/mol. The molecule has 1 atom stereocenters. The van der Waals surface area contributed by atoms with E-state index in [0.29, 0.717) is 10.0 Å². The summed E-state index contributed by atoms with van der Waals surface area (Å²) < 4.78 is 1.76. The molecule has 0 aliphatic rings. The third-order valence-corrected chi connectivity index (χ3v) is 6.90. The number of fused-ring (bicyclic) bond motifs is 1. The van der Waals surface area contributed by atoms with Crippen molar-refractivity contribution < 1.29 is 9.59 Å². The number of hydrogen-bond donors (Lipinski definition) is 2. The third-order valence-electron chi connectivity index (χ3n) is 4.73. The summed E-state index contributed by atoms with van der Waals surface area (Å²) in [7, 11) is 1.85. The Balaban J connectivity index is 1.40. The largest absolute Gasteiger partial charge is 0.340 e. The number of carbonyl (C=O) groups is 2. The van der Waals surface area contributed by atoms with Crippen LogP contribution in [0.15, 0.2) is 36.5 Å². The predicted molar refractivity (Wildman–Crippen MR) is 121 cm³/mol. The van der Waals surface area contributed by atoms with E-state index in [-0.39, 0.29) is 11.8 Å². The Morgan fingerprint density at radius 2 is 1.87 bits per heavy atom. The van der Waals surface area contributed by atoms with E-state index in [0.717, 1.165) is 26.4 Å². The van der Waals surface area contributed by atoms with Gasteiger partial charge in [-0.2, -0.15) is 5.10 Å². The van der Waals surface area contributed by atoms with Crippen LogP contribution in [0.4, 0.5) is 5.13 Å². The van der Waals surface area contributed by atoms with Gasteiger partial charge in [0.2, 0.25) is 5.91 Å². The van der Waals surface area contributed by atoms with Crippen LogP contribution in [0.25, 0.3) is 20.7 Å². The number of rotatable bonds is 5. The molecule has 4 aromatic rings. The number of hydrogen-bond acceptors (Lipinski definition) is 6. The van der Waals surface area contributed by atoms with Crippen LogP contribution in [0.5, 0.6) is 0 Å². The molecule has 3 heterocycles. The highest BCUT2D eigenvalue weighted by Crippen LogP contribution is 2.29. The average Bonchev–Trinajstić information content (AvgIpc) is 3.41. The number of aromatic nitrogens is 3. The minimum absolute atomic E-state index is 0.280. The highest BCUT2D eigenvalue weighted by atomic mass is 32.1. The van der Waals surface area contributed by atoms with Crippen molar-refractivity contribution in [2.24, 2.45) is 7.05 Å². The van der Waals surface area contributed by atoms with E-state index in [1.807, 2.05) is 51.2 Å². The molecule has 0 aliphatic heterocycles. The maximum absolute atomic E-state index is 12.6. The molecule has 3 aromatic heterocycles. The minimum Gasteiger partial charge on any atom is -0.340 e. The van der Waals surface area contributed by atoms with E-state index >= 15 is 0 Å². The molecule has 30 heavy (non-hydrogen) atoms. The van der Waals surface area contributed by atoms with Crippen molar-refractivity contribution in [1.29, 1.82) is 0 Å². The molecular formula is C21H21N5O2S2. The zero-order chi connectivity index (χ0) is 21.4. The van der Waals surface area contributed by atoms with Gasteiger partial charge < -0.3 is 10.6 Å². The molecule has 0 saturated carbocycles. The Morgan fingerprint density at radius 3 is 2.57 bits per heavy atom. The molecule has 0 spiro atoms. The molecule has 4 rings (SSSR count). The van der Waals surface area contributed by atoms with Crippen molar-refractivity contribution >= 4 is 49.8 Å². The molecule has 0 radical (unpaired) electrons. The van der Waals surface area contributed by atoms with Gasteiger partial charge in [0.25, 0.3) is 5.91 Å². The second kappa shape index (κ2) is 8.00. The van der Waals surface area contributed by atoms with Crippen molar-refractivity contribution in [3.05, 3.63) is 52.7 Å². The van der Waals surface area contributed by atoms with Gasteiger partial charge in [0, 0.05) is 18.6 Å². The molecule has 2 N–H and O–H groups in total. The van der Waals surface area contributed by atoms with Gasteiger partial charge in [-0.1, -0.05) is 41.2 Å². The molecule has 9 heteroatoms. The number of thiazole rings is 1. The van der Waals surface area contributed by atoms with Gasteiger partial charge in [-0.05, 0) is 32.4 Å². The van der Waals surface area contributed by atoms with Crippen LogP contribution in [0.1, 0.15) is 27.9 Å². The van der Waals surface area contributed by atoms with Crippen LogP contribution in [0.3, 0.4) is 0 Å². The maximum atomic E-state index is 12.6. The van der Waals surface area contributed by atoms with Gasteiger partial charge in [-0.25, -0.2) is 4.98 Å². The fourth-order valence-electron chi connectivity index (χ4n) is 3.05. The molecular weight excluding hydrogens is 418 g/mol. The van der Waals surface area contributed by atoms with Crippen LogP contribution < -0.4 is 10.6 Å². The Labute approximate surface area is 181 Å². The first kappa shape index (κ1) is 20.2. The topological polar surface area (TPSA) is 88.9 Å². The molecule has 0 fully saturated rings. The average molecular weight is 440 g/mol.